The van der Waals surface area contributed by atoms with Crippen LogP contribution in [-0.2, 0) is 0 Å². The lowest BCUT2D eigenvalue weighted by Gasteiger charge is -2.14. The average Bonchev–Trinajstić information content (AvgIpc) is 2.72. The first kappa shape index (κ1) is 11.4. The minimum absolute atomic E-state index is 0.503. The minimum atomic E-state index is 0.503. The zero-order valence-electron chi connectivity index (χ0n) is 10.2. The van der Waals surface area contributed by atoms with Gasteiger partial charge in [-0.25, -0.2) is 4.99 Å². The van der Waals surface area contributed by atoms with Crippen LogP contribution in [0, 0.1) is 0 Å². The van der Waals surface area contributed by atoms with Crippen molar-refractivity contribution in [2.45, 2.75) is 6.92 Å². The van der Waals surface area contributed by atoms with Crippen LogP contribution in [0.5, 0.6) is 0 Å². The maximum atomic E-state index is 5.59. The molecule has 0 radical (unpaired) electrons. The highest BCUT2D eigenvalue weighted by Gasteiger charge is 2.09. The largest absolute Gasteiger partial charge is 0.331 e. The summed E-state index contributed by atoms with van der Waals surface area (Å²) in [6.45, 7) is 2.60. The standard InChI is InChI=1S/C11H15N5O/c1-4-12-11(15(2)3)17-16-10-8-6-5-7-9(10)13-14-16/h5-8H,4H2,1-3H3/b12-11+. The predicted octanol–water partition coefficient (Wildman–Crippen LogP) is 0.797. The van der Waals surface area contributed by atoms with Gasteiger partial charge in [0.25, 0.3) is 0 Å². The molecule has 1 heterocycles. The molecule has 90 valence electrons. The fraction of sp³-hybridized carbons (Fsp3) is 0.364. The second kappa shape index (κ2) is 4.82. The molecule has 0 amide bonds. The Morgan fingerprint density at radius 3 is 2.88 bits per heavy atom. The summed E-state index contributed by atoms with van der Waals surface area (Å²) in [5.41, 5.74) is 1.61. The van der Waals surface area contributed by atoms with Crippen molar-refractivity contribution >= 4 is 17.1 Å². The first-order valence-electron chi connectivity index (χ1n) is 5.43. The van der Waals surface area contributed by atoms with E-state index in [1.807, 2.05) is 45.3 Å². The van der Waals surface area contributed by atoms with Crippen LogP contribution in [0.2, 0.25) is 0 Å². The van der Waals surface area contributed by atoms with Crippen molar-refractivity contribution in [3.63, 3.8) is 0 Å². The summed E-state index contributed by atoms with van der Waals surface area (Å²) in [6, 6.07) is 8.11. The molecule has 0 bridgehead atoms. The molecular weight excluding hydrogens is 218 g/mol. The highest BCUT2D eigenvalue weighted by molar-refractivity contribution is 5.77. The smallest absolute Gasteiger partial charge is 0.317 e. The molecule has 0 N–H and O–H groups in total. The maximum absolute atomic E-state index is 5.59. The van der Waals surface area contributed by atoms with Gasteiger partial charge in [0.15, 0.2) is 0 Å². The lowest BCUT2D eigenvalue weighted by Crippen LogP contribution is -2.33. The zero-order valence-corrected chi connectivity index (χ0v) is 10.2. The van der Waals surface area contributed by atoms with Gasteiger partial charge in [-0.15, -0.1) is 5.10 Å². The summed E-state index contributed by atoms with van der Waals surface area (Å²) >= 11 is 0. The molecule has 0 saturated carbocycles. The molecule has 2 aromatic rings. The Kier molecular flexibility index (Phi) is 3.22. The fourth-order valence-corrected chi connectivity index (χ4v) is 1.38. The molecule has 0 atom stereocenters. The van der Waals surface area contributed by atoms with E-state index in [1.54, 1.807) is 4.90 Å². The monoisotopic (exact) mass is 233 g/mol. The average molecular weight is 233 g/mol. The molecule has 0 fully saturated rings. The number of hydrogen-bond acceptors (Lipinski definition) is 4. The highest BCUT2D eigenvalue weighted by Crippen LogP contribution is 2.08. The van der Waals surface area contributed by atoms with Crippen molar-refractivity contribution in [3.8, 4) is 0 Å². The SMILES string of the molecule is CC/N=C(/On1nnc2ccccc21)N(C)C. The highest BCUT2D eigenvalue weighted by atomic mass is 16.7. The number of nitrogens with zero attached hydrogens (tertiary/aromatic N) is 5. The summed E-state index contributed by atoms with van der Waals surface area (Å²) in [5.74, 6) is 0. The predicted molar refractivity (Wildman–Crippen MR) is 65.8 cm³/mol. The van der Waals surface area contributed by atoms with E-state index in [0.29, 0.717) is 12.6 Å². The van der Waals surface area contributed by atoms with Gasteiger partial charge in [-0.2, -0.15) is 0 Å². The van der Waals surface area contributed by atoms with Crippen LogP contribution in [0.4, 0.5) is 0 Å². The van der Waals surface area contributed by atoms with Gasteiger partial charge in [0.1, 0.15) is 11.0 Å². The first-order chi connectivity index (χ1) is 8.22. The van der Waals surface area contributed by atoms with Crippen molar-refractivity contribution in [1.29, 1.82) is 0 Å². The third-order valence-electron chi connectivity index (χ3n) is 2.17. The molecule has 0 aliphatic carbocycles. The first-order valence-corrected chi connectivity index (χ1v) is 5.43. The van der Waals surface area contributed by atoms with Crippen molar-refractivity contribution in [3.05, 3.63) is 24.3 Å². The van der Waals surface area contributed by atoms with E-state index in [4.69, 9.17) is 4.84 Å². The number of para-hydroxylation sites is 1. The maximum Gasteiger partial charge on any atom is 0.317 e. The number of aromatic nitrogens is 3. The lowest BCUT2D eigenvalue weighted by molar-refractivity contribution is 0.193. The van der Waals surface area contributed by atoms with Crippen molar-refractivity contribution in [1.82, 2.24) is 20.1 Å². The summed E-state index contributed by atoms with van der Waals surface area (Å²) in [4.78, 5) is 13.0. The Hall–Kier alpha value is -2.11. The van der Waals surface area contributed by atoms with Crippen molar-refractivity contribution < 1.29 is 4.84 Å². The molecule has 0 spiro atoms. The van der Waals surface area contributed by atoms with E-state index in [1.165, 1.54) is 4.85 Å². The van der Waals surface area contributed by atoms with Gasteiger partial charge in [0, 0.05) is 20.6 Å². The Bertz CT molecular complexity index is 531. The summed E-state index contributed by atoms with van der Waals surface area (Å²) in [5, 5.41) is 7.94. The van der Waals surface area contributed by atoms with Gasteiger partial charge in [-0.3, -0.25) is 0 Å². The number of fused-ring (bicyclic) bond motifs is 1. The van der Waals surface area contributed by atoms with Gasteiger partial charge in [-0.05, 0) is 24.3 Å². The van der Waals surface area contributed by atoms with Gasteiger partial charge in [0.2, 0.25) is 0 Å². The van der Waals surface area contributed by atoms with Crippen LogP contribution in [0.25, 0.3) is 11.0 Å². The molecule has 6 heteroatoms. The topological polar surface area (TPSA) is 55.5 Å². The zero-order chi connectivity index (χ0) is 12.3. The number of aliphatic imine (C=N–C) groups is 1. The van der Waals surface area contributed by atoms with Crippen LogP contribution in [0.3, 0.4) is 0 Å². The van der Waals surface area contributed by atoms with E-state index in [2.05, 4.69) is 15.3 Å². The van der Waals surface area contributed by atoms with Crippen LogP contribution in [0.1, 0.15) is 6.92 Å². The summed E-state index contributed by atoms with van der Waals surface area (Å²) in [6.07, 6.45) is 0. The van der Waals surface area contributed by atoms with E-state index in [9.17, 15) is 0 Å². The number of rotatable bonds is 2. The molecule has 6 nitrogen and oxygen atoms in total. The normalized spacial score (nSPS) is 11.8. The van der Waals surface area contributed by atoms with Crippen LogP contribution < -0.4 is 4.84 Å². The summed E-state index contributed by atoms with van der Waals surface area (Å²) in [7, 11) is 3.74. The van der Waals surface area contributed by atoms with E-state index in [-0.39, 0.29) is 0 Å². The van der Waals surface area contributed by atoms with Gasteiger partial charge in [0.05, 0.1) is 0 Å². The second-order valence-electron chi connectivity index (χ2n) is 3.69. The third kappa shape index (κ3) is 2.35. The molecule has 17 heavy (non-hydrogen) atoms. The van der Waals surface area contributed by atoms with E-state index >= 15 is 0 Å². The molecule has 0 aliphatic heterocycles. The quantitative estimate of drug-likeness (QED) is 0.568. The Balaban J connectivity index is 2.32. The van der Waals surface area contributed by atoms with Crippen molar-refractivity contribution in [2.75, 3.05) is 20.6 Å². The molecule has 0 aliphatic rings. The number of hydrogen-bond donors (Lipinski definition) is 0. The van der Waals surface area contributed by atoms with Crippen LogP contribution >= 0.6 is 0 Å². The van der Waals surface area contributed by atoms with E-state index < -0.39 is 0 Å². The number of benzene rings is 1. The molecule has 1 aromatic heterocycles. The third-order valence-corrected chi connectivity index (χ3v) is 2.17. The molecule has 1 aromatic carbocycles. The Morgan fingerprint density at radius 2 is 2.18 bits per heavy atom. The van der Waals surface area contributed by atoms with Gasteiger partial charge in [-0.1, -0.05) is 17.0 Å². The lowest BCUT2D eigenvalue weighted by atomic mass is 10.3. The second-order valence-corrected chi connectivity index (χ2v) is 3.69. The minimum Gasteiger partial charge on any atom is -0.331 e. The van der Waals surface area contributed by atoms with Crippen LogP contribution in [0.15, 0.2) is 29.3 Å². The molecule has 0 saturated heterocycles. The Labute approximate surface area is 99.5 Å². The molecule has 2 rings (SSSR count). The van der Waals surface area contributed by atoms with Gasteiger partial charge >= 0.3 is 6.02 Å². The van der Waals surface area contributed by atoms with Crippen molar-refractivity contribution in [2.24, 2.45) is 4.99 Å². The summed E-state index contributed by atoms with van der Waals surface area (Å²) < 4.78 is 0. The Morgan fingerprint density at radius 1 is 1.41 bits per heavy atom. The van der Waals surface area contributed by atoms with Crippen LogP contribution in [-0.4, -0.2) is 46.7 Å². The fourth-order valence-electron chi connectivity index (χ4n) is 1.38. The van der Waals surface area contributed by atoms with E-state index in [0.717, 1.165) is 11.0 Å². The molecule has 0 unspecified atom stereocenters. The molecular formula is C11H15N5O. The van der Waals surface area contributed by atoms with Gasteiger partial charge < -0.3 is 9.74 Å². The number of amidine groups is 1.